The molecule has 0 aliphatic rings. The first kappa shape index (κ1) is 18.0. The molecule has 0 amide bonds. The minimum absolute atomic E-state index is 0.297. The first-order chi connectivity index (χ1) is 13.5. The van der Waals surface area contributed by atoms with Gasteiger partial charge in [0.05, 0.1) is 29.6 Å². The highest BCUT2D eigenvalue weighted by molar-refractivity contribution is 5.97. The number of hydrogen-bond donors (Lipinski definition) is 1. The Morgan fingerprint density at radius 3 is 2.57 bits per heavy atom. The molecule has 0 atom stereocenters. The van der Waals surface area contributed by atoms with E-state index >= 15 is 0 Å². The van der Waals surface area contributed by atoms with Gasteiger partial charge >= 0.3 is 5.97 Å². The molecular formula is C23H23N3O2. The van der Waals surface area contributed by atoms with Crippen LogP contribution < -0.4 is 4.90 Å². The molecule has 142 valence electrons. The second-order valence-electron chi connectivity index (χ2n) is 7.23. The lowest BCUT2D eigenvalue weighted by Gasteiger charge is -2.26. The second kappa shape index (κ2) is 7.00. The number of esters is 1. The van der Waals surface area contributed by atoms with Crippen molar-refractivity contribution in [3.63, 3.8) is 0 Å². The van der Waals surface area contributed by atoms with Gasteiger partial charge < -0.3 is 14.6 Å². The Morgan fingerprint density at radius 1 is 1.07 bits per heavy atom. The molecule has 0 saturated carbocycles. The van der Waals surface area contributed by atoms with E-state index in [4.69, 9.17) is 9.72 Å². The Labute approximate surface area is 164 Å². The van der Waals surface area contributed by atoms with Gasteiger partial charge in [-0.3, -0.25) is 0 Å². The summed E-state index contributed by atoms with van der Waals surface area (Å²) in [5.74, 6) is -0.347. The van der Waals surface area contributed by atoms with Crippen molar-refractivity contribution < 1.29 is 9.53 Å². The van der Waals surface area contributed by atoms with Gasteiger partial charge in [-0.15, -0.1) is 0 Å². The smallest absolute Gasteiger partial charge is 0.337 e. The van der Waals surface area contributed by atoms with Crippen LogP contribution in [0.15, 0.2) is 54.6 Å². The number of benzene rings is 2. The molecular weight excluding hydrogens is 350 g/mol. The molecule has 0 fully saturated rings. The van der Waals surface area contributed by atoms with Crippen LogP contribution in [0.5, 0.6) is 0 Å². The fraction of sp³-hybridized carbons (Fsp3) is 0.217. The fourth-order valence-electron chi connectivity index (χ4n) is 3.36. The standard InChI is InChI=1S/C23H23N3O2/c1-14(2)26(3)21-13-17-11-16(23(27)28-4)9-10-19(17)25-22(21)20-12-15-7-5-6-8-18(15)24-20/h5-14,24H,1-4H3. The van der Waals surface area contributed by atoms with Crippen molar-refractivity contribution in [2.24, 2.45) is 0 Å². The summed E-state index contributed by atoms with van der Waals surface area (Å²) in [6.07, 6.45) is 0. The maximum atomic E-state index is 11.9. The number of anilines is 1. The maximum absolute atomic E-state index is 11.9. The van der Waals surface area contributed by atoms with Crippen LogP contribution in [0.25, 0.3) is 33.2 Å². The van der Waals surface area contributed by atoms with Crippen LogP contribution in [0.2, 0.25) is 0 Å². The maximum Gasteiger partial charge on any atom is 0.337 e. The number of hydrogen-bond acceptors (Lipinski definition) is 4. The zero-order valence-corrected chi connectivity index (χ0v) is 16.5. The van der Waals surface area contributed by atoms with E-state index in [0.717, 1.165) is 38.9 Å². The molecule has 28 heavy (non-hydrogen) atoms. The normalized spacial score (nSPS) is 11.3. The minimum atomic E-state index is -0.347. The monoisotopic (exact) mass is 373 g/mol. The van der Waals surface area contributed by atoms with E-state index in [0.29, 0.717) is 11.6 Å². The fourth-order valence-corrected chi connectivity index (χ4v) is 3.36. The molecule has 1 N–H and O–H groups in total. The number of para-hydroxylation sites is 1. The molecule has 2 aromatic heterocycles. The zero-order chi connectivity index (χ0) is 19.8. The molecule has 0 aliphatic carbocycles. The van der Waals surface area contributed by atoms with E-state index in [1.165, 1.54) is 7.11 Å². The van der Waals surface area contributed by atoms with Crippen LogP contribution >= 0.6 is 0 Å². The number of H-pyrrole nitrogens is 1. The lowest BCUT2D eigenvalue weighted by atomic mass is 10.1. The average Bonchev–Trinajstić information content (AvgIpc) is 3.15. The van der Waals surface area contributed by atoms with Crippen LogP contribution in [0.4, 0.5) is 5.69 Å². The second-order valence-corrected chi connectivity index (χ2v) is 7.23. The molecule has 2 aromatic carbocycles. The molecule has 0 radical (unpaired) electrons. The first-order valence-corrected chi connectivity index (χ1v) is 9.32. The lowest BCUT2D eigenvalue weighted by molar-refractivity contribution is 0.0601. The third-order valence-electron chi connectivity index (χ3n) is 5.16. The minimum Gasteiger partial charge on any atom is -0.465 e. The molecule has 0 unspecified atom stereocenters. The molecule has 0 saturated heterocycles. The SMILES string of the molecule is COC(=O)c1ccc2nc(-c3cc4ccccc4[nH]3)c(N(C)C(C)C)cc2c1. The lowest BCUT2D eigenvalue weighted by Crippen LogP contribution is -2.26. The number of pyridine rings is 1. The van der Waals surface area contributed by atoms with Gasteiger partial charge in [0.1, 0.15) is 5.69 Å². The van der Waals surface area contributed by atoms with E-state index in [1.807, 2.05) is 24.3 Å². The van der Waals surface area contributed by atoms with Crippen LogP contribution in [-0.2, 0) is 4.74 Å². The van der Waals surface area contributed by atoms with Crippen molar-refractivity contribution >= 4 is 33.5 Å². The van der Waals surface area contributed by atoms with Crippen molar-refractivity contribution in [2.45, 2.75) is 19.9 Å². The molecule has 0 spiro atoms. The summed E-state index contributed by atoms with van der Waals surface area (Å²) in [7, 11) is 3.45. The quantitative estimate of drug-likeness (QED) is 0.511. The van der Waals surface area contributed by atoms with E-state index in [2.05, 4.69) is 55.0 Å². The van der Waals surface area contributed by atoms with Gasteiger partial charge in [-0.1, -0.05) is 18.2 Å². The summed E-state index contributed by atoms with van der Waals surface area (Å²) in [5.41, 5.74) is 5.32. The topological polar surface area (TPSA) is 58.2 Å². The number of methoxy groups -OCH3 is 1. The molecule has 5 heteroatoms. The number of aromatic amines is 1. The Kier molecular flexibility index (Phi) is 4.51. The van der Waals surface area contributed by atoms with Crippen molar-refractivity contribution in [2.75, 3.05) is 19.1 Å². The molecule has 5 nitrogen and oxygen atoms in total. The van der Waals surface area contributed by atoms with Crippen molar-refractivity contribution in [3.05, 3.63) is 60.2 Å². The number of nitrogens with one attached hydrogen (secondary N) is 1. The van der Waals surface area contributed by atoms with Gasteiger partial charge in [0.25, 0.3) is 0 Å². The third kappa shape index (κ3) is 3.09. The Balaban J connectivity index is 1.95. The Morgan fingerprint density at radius 2 is 1.86 bits per heavy atom. The van der Waals surface area contributed by atoms with Gasteiger partial charge in [0.15, 0.2) is 0 Å². The number of rotatable bonds is 4. The predicted molar refractivity (Wildman–Crippen MR) is 114 cm³/mol. The highest BCUT2D eigenvalue weighted by Crippen LogP contribution is 2.34. The molecule has 4 aromatic rings. The van der Waals surface area contributed by atoms with E-state index in [1.54, 1.807) is 6.07 Å². The van der Waals surface area contributed by atoms with Crippen LogP contribution in [0, 0.1) is 0 Å². The van der Waals surface area contributed by atoms with E-state index in [-0.39, 0.29) is 5.97 Å². The van der Waals surface area contributed by atoms with Crippen LogP contribution in [0.1, 0.15) is 24.2 Å². The molecule has 0 bridgehead atoms. The summed E-state index contributed by atoms with van der Waals surface area (Å²) >= 11 is 0. The Hall–Kier alpha value is -3.34. The molecule has 2 heterocycles. The van der Waals surface area contributed by atoms with E-state index < -0.39 is 0 Å². The van der Waals surface area contributed by atoms with Gasteiger partial charge in [-0.2, -0.15) is 0 Å². The van der Waals surface area contributed by atoms with E-state index in [9.17, 15) is 4.79 Å². The van der Waals surface area contributed by atoms with Crippen molar-refractivity contribution in [3.8, 4) is 11.4 Å². The van der Waals surface area contributed by atoms with Gasteiger partial charge in [-0.25, -0.2) is 9.78 Å². The largest absolute Gasteiger partial charge is 0.465 e. The van der Waals surface area contributed by atoms with Crippen LogP contribution in [-0.4, -0.2) is 36.1 Å². The number of fused-ring (bicyclic) bond motifs is 2. The number of carbonyl (C=O) groups is 1. The number of ether oxygens (including phenoxy) is 1. The average molecular weight is 373 g/mol. The first-order valence-electron chi connectivity index (χ1n) is 9.32. The summed E-state index contributed by atoms with van der Waals surface area (Å²) in [5, 5.41) is 2.06. The number of carbonyl (C=O) groups excluding carboxylic acids is 1. The van der Waals surface area contributed by atoms with Crippen molar-refractivity contribution in [1.29, 1.82) is 0 Å². The zero-order valence-electron chi connectivity index (χ0n) is 16.5. The predicted octanol–water partition coefficient (Wildman–Crippen LogP) is 5.01. The highest BCUT2D eigenvalue weighted by atomic mass is 16.5. The highest BCUT2D eigenvalue weighted by Gasteiger charge is 2.17. The van der Waals surface area contributed by atoms with Gasteiger partial charge in [0, 0.05) is 29.4 Å². The van der Waals surface area contributed by atoms with Crippen LogP contribution in [0.3, 0.4) is 0 Å². The summed E-state index contributed by atoms with van der Waals surface area (Å²) in [6.45, 7) is 4.29. The van der Waals surface area contributed by atoms with Crippen molar-refractivity contribution in [1.82, 2.24) is 9.97 Å². The van der Waals surface area contributed by atoms with Gasteiger partial charge in [0.2, 0.25) is 0 Å². The Bertz CT molecular complexity index is 1140. The summed E-state index contributed by atoms with van der Waals surface area (Å²) < 4.78 is 4.85. The summed E-state index contributed by atoms with van der Waals surface area (Å²) in [4.78, 5) is 22.5. The van der Waals surface area contributed by atoms with Gasteiger partial charge in [-0.05, 0) is 50.2 Å². The third-order valence-corrected chi connectivity index (χ3v) is 5.16. The summed E-state index contributed by atoms with van der Waals surface area (Å²) in [6, 6.07) is 18.2. The number of aromatic nitrogens is 2. The number of nitrogens with zero attached hydrogens (tertiary/aromatic N) is 2. The molecule has 4 rings (SSSR count). The molecule has 0 aliphatic heterocycles.